The number of rotatable bonds is 7. The number of imidazole rings is 1. The highest BCUT2D eigenvalue weighted by molar-refractivity contribution is 5.33. The maximum Gasteiger partial charge on any atom is 0.123 e. The molecule has 0 amide bonds. The second-order valence-electron chi connectivity index (χ2n) is 6.81. The standard InChI is InChI=1S/C19H25N3O/c1-2-6-18(23-14-15-7-8-15)16(4-1)12-20-13-17-5-3-10-22-11-9-21-19(17)22/h1-2,4,6,9,11,15,17,20H,3,5,7-8,10,12-14H2. The molecule has 0 radical (unpaired) electrons. The van der Waals surface area contributed by atoms with Crippen LogP contribution in [0.25, 0.3) is 0 Å². The summed E-state index contributed by atoms with van der Waals surface area (Å²) in [6.45, 7) is 3.83. The molecule has 0 saturated heterocycles. The Morgan fingerprint density at radius 1 is 1.22 bits per heavy atom. The highest BCUT2D eigenvalue weighted by Crippen LogP contribution is 2.30. The predicted molar refractivity (Wildman–Crippen MR) is 90.6 cm³/mol. The van der Waals surface area contributed by atoms with Gasteiger partial charge in [0.25, 0.3) is 0 Å². The molecule has 4 rings (SSSR count). The van der Waals surface area contributed by atoms with E-state index >= 15 is 0 Å². The van der Waals surface area contributed by atoms with Gasteiger partial charge in [0, 0.05) is 43.5 Å². The molecule has 4 nitrogen and oxygen atoms in total. The van der Waals surface area contributed by atoms with Crippen LogP contribution in [0.15, 0.2) is 36.7 Å². The first kappa shape index (κ1) is 14.8. The summed E-state index contributed by atoms with van der Waals surface area (Å²) >= 11 is 0. The second-order valence-corrected chi connectivity index (χ2v) is 6.81. The molecule has 1 saturated carbocycles. The molecule has 23 heavy (non-hydrogen) atoms. The molecule has 1 aliphatic carbocycles. The average Bonchev–Trinajstić information content (AvgIpc) is 3.28. The van der Waals surface area contributed by atoms with Gasteiger partial charge in [-0.1, -0.05) is 18.2 Å². The summed E-state index contributed by atoms with van der Waals surface area (Å²) < 4.78 is 8.29. The third-order valence-electron chi connectivity index (χ3n) is 4.91. The minimum Gasteiger partial charge on any atom is -0.493 e. The number of aromatic nitrogens is 2. The first-order chi connectivity index (χ1) is 11.4. The Balaban J connectivity index is 1.33. The number of nitrogens with zero attached hydrogens (tertiary/aromatic N) is 2. The summed E-state index contributed by atoms with van der Waals surface area (Å²) in [5, 5.41) is 3.61. The maximum atomic E-state index is 5.99. The lowest BCUT2D eigenvalue weighted by Crippen LogP contribution is -2.26. The van der Waals surface area contributed by atoms with Gasteiger partial charge in [-0.25, -0.2) is 4.98 Å². The van der Waals surface area contributed by atoms with E-state index < -0.39 is 0 Å². The van der Waals surface area contributed by atoms with E-state index in [9.17, 15) is 0 Å². The number of hydrogen-bond donors (Lipinski definition) is 1. The van der Waals surface area contributed by atoms with Gasteiger partial charge in [0.05, 0.1) is 6.61 Å². The summed E-state index contributed by atoms with van der Waals surface area (Å²) in [4.78, 5) is 4.54. The van der Waals surface area contributed by atoms with Gasteiger partial charge >= 0.3 is 0 Å². The number of aryl methyl sites for hydroxylation is 1. The minimum absolute atomic E-state index is 0.526. The van der Waals surface area contributed by atoms with Crippen LogP contribution in [0.4, 0.5) is 0 Å². The van der Waals surface area contributed by atoms with E-state index in [1.54, 1.807) is 0 Å². The van der Waals surface area contributed by atoms with Crippen molar-refractivity contribution in [3.63, 3.8) is 0 Å². The van der Waals surface area contributed by atoms with Gasteiger partial charge in [-0.15, -0.1) is 0 Å². The van der Waals surface area contributed by atoms with Crippen LogP contribution in [0, 0.1) is 5.92 Å². The average molecular weight is 311 g/mol. The van der Waals surface area contributed by atoms with Crippen molar-refractivity contribution in [3.8, 4) is 5.75 Å². The third-order valence-corrected chi connectivity index (χ3v) is 4.91. The van der Waals surface area contributed by atoms with Gasteiger partial charge in [0.2, 0.25) is 0 Å². The van der Waals surface area contributed by atoms with Crippen molar-refractivity contribution in [2.75, 3.05) is 13.2 Å². The van der Waals surface area contributed by atoms with Crippen molar-refractivity contribution >= 4 is 0 Å². The van der Waals surface area contributed by atoms with Crippen LogP contribution >= 0.6 is 0 Å². The molecule has 2 aromatic rings. The molecular weight excluding hydrogens is 286 g/mol. The van der Waals surface area contributed by atoms with Crippen LogP contribution in [0.5, 0.6) is 5.75 Å². The Morgan fingerprint density at radius 2 is 2.13 bits per heavy atom. The molecule has 1 aromatic carbocycles. The number of benzene rings is 1. The molecule has 1 unspecified atom stereocenters. The minimum atomic E-state index is 0.526. The fraction of sp³-hybridized carbons (Fsp3) is 0.526. The van der Waals surface area contributed by atoms with E-state index in [1.807, 2.05) is 6.20 Å². The van der Waals surface area contributed by atoms with Crippen molar-refractivity contribution in [2.45, 2.75) is 44.7 Å². The SMILES string of the molecule is c1ccc(OCC2CC2)c(CNCC2CCCn3ccnc32)c1. The molecule has 0 bridgehead atoms. The predicted octanol–water partition coefficient (Wildman–Crippen LogP) is 3.34. The lowest BCUT2D eigenvalue weighted by molar-refractivity contribution is 0.296. The van der Waals surface area contributed by atoms with Crippen LogP contribution in [0.2, 0.25) is 0 Å². The largest absolute Gasteiger partial charge is 0.493 e. The number of fused-ring (bicyclic) bond motifs is 1. The molecule has 1 fully saturated rings. The first-order valence-electron chi connectivity index (χ1n) is 8.82. The molecule has 1 aromatic heterocycles. The molecule has 1 atom stereocenters. The fourth-order valence-electron chi connectivity index (χ4n) is 3.36. The van der Waals surface area contributed by atoms with Gasteiger partial charge in [0.15, 0.2) is 0 Å². The quantitative estimate of drug-likeness (QED) is 0.852. The van der Waals surface area contributed by atoms with Crippen LogP contribution in [0.3, 0.4) is 0 Å². The van der Waals surface area contributed by atoms with Crippen molar-refractivity contribution in [2.24, 2.45) is 5.92 Å². The fourth-order valence-corrected chi connectivity index (χ4v) is 3.36. The Hall–Kier alpha value is -1.81. The maximum absolute atomic E-state index is 5.99. The topological polar surface area (TPSA) is 39.1 Å². The highest BCUT2D eigenvalue weighted by atomic mass is 16.5. The van der Waals surface area contributed by atoms with Gasteiger partial charge in [-0.2, -0.15) is 0 Å². The van der Waals surface area contributed by atoms with Crippen molar-refractivity contribution in [1.29, 1.82) is 0 Å². The lowest BCUT2D eigenvalue weighted by atomic mass is 9.99. The Bertz CT molecular complexity index is 648. The molecular formula is C19H25N3O. The summed E-state index contributed by atoms with van der Waals surface area (Å²) in [6.07, 6.45) is 9.15. The molecule has 1 aliphatic heterocycles. The van der Waals surface area contributed by atoms with Crippen LogP contribution < -0.4 is 10.1 Å². The van der Waals surface area contributed by atoms with Crippen molar-refractivity contribution in [3.05, 3.63) is 48.0 Å². The number of ether oxygens (including phenoxy) is 1. The number of nitrogens with one attached hydrogen (secondary N) is 1. The Labute approximate surface area is 137 Å². The van der Waals surface area contributed by atoms with E-state index in [0.717, 1.165) is 37.9 Å². The van der Waals surface area contributed by atoms with Crippen molar-refractivity contribution < 1.29 is 4.74 Å². The summed E-state index contributed by atoms with van der Waals surface area (Å²) in [5.74, 6) is 3.59. The van der Waals surface area contributed by atoms with E-state index in [-0.39, 0.29) is 0 Å². The molecule has 2 aliphatic rings. The van der Waals surface area contributed by atoms with Crippen molar-refractivity contribution in [1.82, 2.24) is 14.9 Å². The van der Waals surface area contributed by atoms with Gasteiger partial charge in [-0.3, -0.25) is 0 Å². The summed E-state index contributed by atoms with van der Waals surface area (Å²) in [7, 11) is 0. The molecule has 2 heterocycles. The van der Waals surface area contributed by atoms with Gasteiger partial charge in [0.1, 0.15) is 11.6 Å². The van der Waals surface area contributed by atoms with E-state index in [0.29, 0.717) is 5.92 Å². The van der Waals surface area contributed by atoms with E-state index in [1.165, 1.54) is 37.1 Å². The Kier molecular flexibility index (Phi) is 4.33. The Morgan fingerprint density at radius 3 is 3.04 bits per heavy atom. The normalized spacial score (nSPS) is 20.3. The van der Waals surface area contributed by atoms with E-state index in [2.05, 4.69) is 45.3 Å². The second kappa shape index (κ2) is 6.75. The third kappa shape index (κ3) is 3.58. The number of hydrogen-bond acceptors (Lipinski definition) is 3. The van der Waals surface area contributed by atoms with Crippen LogP contribution in [-0.4, -0.2) is 22.7 Å². The molecule has 4 heteroatoms. The van der Waals surface area contributed by atoms with E-state index in [4.69, 9.17) is 4.74 Å². The number of para-hydroxylation sites is 1. The lowest BCUT2D eigenvalue weighted by Gasteiger charge is -2.24. The molecule has 0 spiro atoms. The monoisotopic (exact) mass is 311 g/mol. The summed E-state index contributed by atoms with van der Waals surface area (Å²) in [6, 6.07) is 8.40. The highest BCUT2D eigenvalue weighted by Gasteiger charge is 2.23. The summed E-state index contributed by atoms with van der Waals surface area (Å²) in [5.41, 5.74) is 1.26. The zero-order chi connectivity index (χ0) is 15.5. The van der Waals surface area contributed by atoms with Crippen LogP contribution in [0.1, 0.15) is 43.0 Å². The van der Waals surface area contributed by atoms with Crippen LogP contribution in [-0.2, 0) is 13.1 Å². The first-order valence-corrected chi connectivity index (χ1v) is 8.82. The molecule has 1 N–H and O–H groups in total. The molecule has 122 valence electrons. The van der Waals surface area contributed by atoms with Gasteiger partial charge < -0.3 is 14.6 Å². The van der Waals surface area contributed by atoms with Gasteiger partial charge in [-0.05, 0) is 37.7 Å². The zero-order valence-electron chi connectivity index (χ0n) is 13.6. The smallest absolute Gasteiger partial charge is 0.123 e. The zero-order valence-corrected chi connectivity index (χ0v) is 13.6.